The molecule has 2 N–H and O–H groups in total. The van der Waals surface area contributed by atoms with Crippen molar-refractivity contribution in [3.63, 3.8) is 0 Å². The van der Waals surface area contributed by atoms with Gasteiger partial charge in [-0.3, -0.25) is 4.79 Å². The second-order valence-electron chi connectivity index (χ2n) is 6.08. The lowest BCUT2D eigenvalue weighted by Gasteiger charge is -2.08. The summed E-state index contributed by atoms with van der Waals surface area (Å²) in [7, 11) is 0. The van der Waals surface area contributed by atoms with Gasteiger partial charge in [-0.05, 0) is 60.7 Å². The molecule has 0 saturated carbocycles. The maximum Gasteiger partial charge on any atom is 0.255 e. The van der Waals surface area contributed by atoms with Crippen molar-refractivity contribution in [2.45, 2.75) is 0 Å². The van der Waals surface area contributed by atoms with E-state index in [4.69, 9.17) is 5.26 Å². The number of aromatic nitrogens is 4. The molecule has 0 unspecified atom stereocenters. The number of carbonyl (C=O) groups excluding carboxylic acids is 1. The van der Waals surface area contributed by atoms with E-state index in [0.29, 0.717) is 28.5 Å². The minimum Gasteiger partial charge on any atom is -0.339 e. The van der Waals surface area contributed by atoms with Crippen LogP contribution in [-0.2, 0) is 0 Å². The van der Waals surface area contributed by atoms with Crippen LogP contribution in [0.1, 0.15) is 15.9 Å². The van der Waals surface area contributed by atoms with Crippen molar-refractivity contribution in [1.82, 2.24) is 20.0 Å². The van der Waals surface area contributed by atoms with Crippen LogP contribution in [0.25, 0.3) is 5.82 Å². The van der Waals surface area contributed by atoms with Crippen LogP contribution < -0.4 is 10.6 Å². The predicted octanol–water partition coefficient (Wildman–Crippen LogP) is 3.53. The van der Waals surface area contributed by atoms with Gasteiger partial charge in [-0.25, -0.2) is 4.68 Å². The topological polar surface area (TPSA) is 109 Å². The summed E-state index contributed by atoms with van der Waals surface area (Å²) in [4.78, 5) is 12.3. The Kier molecular flexibility index (Phi) is 4.95. The fraction of sp³-hybridized carbons (Fsp3) is 0. The van der Waals surface area contributed by atoms with Gasteiger partial charge in [0.05, 0.1) is 11.6 Å². The van der Waals surface area contributed by atoms with E-state index in [1.807, 2.05) is 36.4 Å². The molecule has 0 radical (unpaired) electrons. The number of hydrogen-bond acceptors (Lipinski definition) is 6. The average molecular weight is 381 g/mol. The third kappa shape index (κ3) is 4.26. The molecule has 8 nitrogen and oxygen atoms in total. The van der Waals surface area contributed by atoms with Crippen molar-refractivity contribution in [1.29, 1.82) is 5.26 Å². The molecule has 2 aromatic heterocycles. The van der Waals surface area contributed by atoms with Crippen LogP contribution in [0.15, 0.2) is 79.1 Å². The summed E-state index contributed by atoms with van der Waals surface area (Å²) in [6.07, 6.45) is 3.47. The fourth-order valence-electron chi connectivity index (χ4n) is 2.64. The fourth-order valence-corrected chi connectivity index (χ4v) is 2.64. The summed E-state index contributed by atoms with van der Waals surface area (Å²) in [6.45, 7) is 0. The molecule has 140 valence electrons. The number of nitrogens with zero attached hydrogens (tertiary/aromatic N) is 5. The van der Waals surface area contributed by atoms with Gasteiger partial charge >= 0.3 is 0 Å². The molecule has 0 saturated heterocycles. The summed E-state index contributed by atoms with van der Waals surface area (Å²) in [6, 6.07) is 21.2. The van der Waals surface area contributed by atoms with Crippen LogP contribution in [0, 0.1) is 11.3 Å². The average Bonchev–Trinajstić information content (AvgIpc) is 3.31. The molecule has 2 aromatic carbocycles. The van der Waals surface area contributed by atoms with Crippen LogP contribution in [0.5, 0.6) is 0 Å². The minimum absolute atomic E-state index is 0.275. The van der Waals surface area contributed by atoms with Crippen molar-refractivity contribution in [2.24, 2.45) is 0 Å². The van der Waals surface area contributed by atoms with Gasteiger partial charge in [-0.15, -0.1) is 10.2 Å². The molecule has 2 heterocycles. The maximum absolute atomic E-state index is 12.3. The summed E-state index contributed by atoms with van der Waals surface area (Å²) in [5, 5.41) is 27.3. The molecule has 0 spiro atoms. The van der Waals surface area contributed by atoms with Gasteiger partial charge in [0, 0.05) is 29.3 Å². The Morgan fingerprint density at radius 2 is 1.79 bits per heavy atom. The highest BCUT2D eigenvalue weighted by Crippen LogP contribution is 2.18. The monoisotopic (exact) mass is 381 g/mol. The zero-order valence-electron chi connectivity index (χ0n) is 15.1. The first-order valence-corrected chi connectivity index (χ1v) is 8.74. The molecule has 8 heteroatoms. The third-order valence-corrected chi connectivity index (χ3v) is 4.06. The van der Waals surface area contributed by atoms with E-state index in [2.05, 4.69) is 25.9 Å². The maximum atomic E-state index is 12.3. The Bertz CT molecular complexity index is 1160. The second-order valence-corrected chi connectivity index (χ2v) is 6.08. The molecule has 4 aromatic rings. The van der Waals surface area contributed by atoms with E-state index in [0.717, 1.165) is 5.69 Å². The lowest BCUT2D eigenvalue weighted by Crippen LogP contribution is -2.11. The zero-order valence-corrected chi connectivity index (χ0v) is 15.1. The standard InChI is InChI=1S/C21H15N7O/c22-14-15-3-1-4-16(13-15)21(29)25-18-7-5-17(6-8-18)24-19-9-10-20(27-26-19)28-12-2-11-23-28/h1-13H,(H,24,26)(H,25,29). The van der Waals surface area contributed by atoms with Crippen LogP contribution >= 0.6 is 0 Å². The van der Waals surface area contributed by atoms with Crippen molar-refractivity contribution in [3.05, 3.63) is 90.3 Å². The van der Waals surface area contributed by atoms with E-state index in [-0.39, 0.29) is 5.91 Å². The lowest BCUT2D eigenvalue weighted by atomic mass is 10.1. The van der Waals surface area contributed by atoms with Gasteiger partial charge in [0.25, 0.3) is 5.91 Å². The van der Waals surface area contributed by atoms with Gasteiger partial charge in [0.2, 0.25) is 0 Å². The number of hydrogen-bond donors (Lipinski definition) is 2. The van der Waals surface area contributed by atoms with Gasteiger partial charge in [0.1, 0.15) is 0 Å². The molecule has 0 atom stereocenters. The largest absolute Gasteiger partial charge is 0.339 e. The van der Waals surface area contributed by atoms with E-state index in [1.54, 1.807) is 53.5 Å². The van der Waals surface area contributed by atoms with Gasteiger partial charge < -0.3 is 10.6 Å². The first-order chi connectivity index (χ1) is 14.2. The Labute approximate surface area is 166 Å². The molecule has 1 amide bonds. The number of anilines is 3. The molecule has 4 rings (SSSR count). The molecule has 0 aliphatic carbocycles. The summed E-state index contributed by atoms with van der Waals surface area (Å²) >= 11 is 0. The van der Waals surface area contributed by atoms with E-state index < -0.39 is 0 Å². The van der Waals surface area contributed by atoms with Crippen LogP contribution in [0.4, 0.5) is 17.2 Å². The van der Waals surface area contributed by atoms with Crippen molar-refractivity contribution in [3.8, 4) is 11.9 Å². The summed E-state index contributed by atoms with van der Waals surface area (Å²) in [5.74, 6) is 0.938. The first kappa shape index (κ1) is 17.9. The SMILES string of the molecule is N#Cc1cccc(C(=O)Nc2ccc(Nc3ccc(-n4cccn4)nn3)cc2)c1. The van der Waals surface area contributed by atoms with Crippen LogP contribution in [-0.4, -0.2) is 25.9 Å². The van der Waals surface area contributed by atoms with E-state index >= 15 is 0 Å². The van der Waals surface area contributed by atoms with E-state index in [9.17, 15) is 4.79 Å². The normalized spacial score (nSPS) is 10.2. The lowest BCUT2D eigenvalue weighted by molar-refractivity contribution is 0.102. The number of benzene rings is 2. The molecule has 0 aliphatic rings. The zero-order chi connectivity index (χ0) is 20.1. The molecule has 0 fully saturated rings. The second kappa shape index (κ2) is 8.02. The molecule has 29 heavy (non-hydrogen) atoms. The summed E-state index contributed by atoms with van der Waals surface area (Å²) in [5.41, 5.74) is 2.31. The Morgan fingerprint density at radius 3 is 2.48 bits per heavy atom. The molecular weight excluding hydrogens is 366 g/mol. The minimum atomic E-state index is -0.275. The van der Waals surface area contributed by atoms with Crippen LogP contribution in [0.3, 0.4) is 0 Å². The third-order valence-electron chi connectivity index (χ3n) is 4.06. The number of carbonyl (C=O) groups is 1. The molecular formula is C21H15N7O. The van der Waals surface area contributed by atoms with Gasteiger partial charge in [-0.1, -0.05) is 6.07 Å². The Morgan fingerprint density at radius 1 is 0.966 bits per heavy atom. The Hall–Kier alpha value is -4.51. The Balaban J connectivity index is 1.40. The van der Waals surface area contributed by atoms with E-state index in [1.165, 1.54) is 0 Å². The van der Waals surface area contributed by atoms with Crippen molar-refractivity contribution in [2.75, 3.05) is 10.6 Å². The number of amides is 1. The van der Waals surface area contributed by atoms with Gasteiger partial charge in [0.15, 0.2) is 11.6 Å². The van der Waals surface area contributed by atoms with Crippen molar-refractivity contribution >= 4 is 23.1 Å². The highest BCUT2D eigenvalue weighted by Gasteiger charge is 2.07. The highest BCUT2D eigenvalue weighted by atomic mass is 16.1. The predicted molar refractivity (Wildman–Crippen MR) is 108 cm³/mol. The quantitative estimate of drug-likeness (QED) is 0.547. The number of nitriles is 1. The van der Waals surface area contributed by atoms with Crippen molar-refractivity contribution < 1.29 is 4.79 Å². The number of nitrogens with one attached hydrogen (secondary N) is 2. The van der Waals surface area contributed by atoms with Gasteiger partial charge in [-0.2, -0.15) is 10.4 Å². The molecule has 0 aliphatic heterocycles. The summed E-state index contributed by atoms with van der Waals surface area (Å²) < 4.78 is 1.63. The molecule has 0 bridgehead atoms. The number of rotatable bonds is 5. The first-order valence-electron chi connectivity index (χ1n) is 8.74. The smallest absolute Gasteiger partial charge is 0.255 e. The highest BCUT2D eigenvalue weighted by molar-refractivity contribution is 6.04. The van der Waals surface area contributed by atoms with Crippen LogP contribution in [0.2, 0.25) is 0 Å².